The molecule has 0 rings (SSSR count). The lowest BCUT2D eigenvalue weighted by molar-refractivity contribution is 0.00563. The predicted molar refractivity (Wildman–Crippen MR) is 73.0 cm³/mol. The standard InChI is InChI=1S/C14H30O4/c1-4-6-15-7-5-8-16-9-10-17-11-12-18-13-14(2)3/h14H,4-13H2,1-3H3. The summed E-state index contributed by atoms with van der Waals surface area (Å²) < 4.78 is 21.5. The van der Waals surface area contributed by atoms with Gasteiger partial charge in [-0.15, -0.1) is 0 Å². The Bertz CT molecular complexity index is 151. The Morgan fingerprint density at radius 2 is 1.17 bits per heavy atom. The topological polar surface area (TPSA) is 36.9 Å². The van der Waals surface area contributed by atoms with Crippen molar-refractivity contribution in [2.24, 2.45) is 5.92 Å². The summed E-state index contributed by atoms with van der Waals surface area (Å²) in [5.41, 5.74) is 0. The van der Waals surface area contributed by atoms with Gasteiger partial charge in [-0.25, -0.2) is 0 Å². The minimum atomic E-state index is 0.586. The smallest absolute Gasteiger partial charge is 0.0701 e. The van der Waals surface area contributed by atoms with Crippen LogP contribution in [0, 0.1) is 5.92 Å². The van der Waals surface area contributed by atoms with Gasteiger partial charge in [0.1, 0.15) is 0 Å². The maximum absolute atomic E-state index is 5.41. The lowest BCUT2D eigenvalue weighted by Crippen LogP contribution is -2.12. The average Bonchev–Trinajstić information content (AvgIpc) is 2.34. The molecule has 0 N–H and O–H groups in total. The molecule has 18 heavy (non-hydrogen) atoms. The fourth-order valence-electron chi connectivity index (χ4n) is 1.27. The molecular weight excluding hydrogens is 232 g/mol. The number of ether oxygens (including phenoxy) is 4. The van der Waals surface area contributed by atoms with E-state index in [4.69, 9.17) is 18.9 Å². The number of hydrogen-bond acceptors (Lipinski definition) is 4. The van der Waals surface area contributed by atoms with Crippen LogP contribution in [0.4, 0.5) is 0 Å². The largest absolute Gasteiger partial charge is 0.381 e. The SMILES string of the molecule is CCCOCCCOCCOCCOCC(C)C. The second-order valence-corrected chi connectivity index (χ2v) is 4.66. The van der Waals surface area contributed by atoms with Gasteiger partial charge in [0.15, 0.2) is 0 Å². The molecule has 0 amide bonds. The van der Waals surface area contributed by atoms with E-state index in [0.717, 1.165) is 39.3 Å². The third-order valence-electron chi connectivity index (χ3n) is 2.12. The minimum Gasteiger partial charge on any atom is -0.381 e. The van der Waals surface area contributed by atoms with Crippen molar-refractivity contribution in [3.63, 3.8) is 0 Å². The van der Waals surface area contributed by atoms with Crippen molar-refractivity contribution in [2.45, 2.75) is 33.6 Å². The Morgan fingerprint density at radius 1 is 0.667 bits per heavy atom. The lowest BCUT2D eigenvalue weighted by Gasteiger charge is -2.08. The summed E-state index contributed by atoms with van der Waals surface area (Å²) in [7, 11) is 0. The Balaban J connectivity index is 2.90. The monoisotopic (exact) mass is 262 g/mol. The van der Waals surface area contributed by atoms with Gasteiger partial charge in [0, 0.05) is 26.4 Å². The fourth-order valence-corrected chi connectivity index (χ4v) is 1.27. The van der Waals surface area contributed by atoms with E-state index in [1.54, 1.807) is 0 Å². The van der Waals surface area contributed by atoms with E-state index in [2.05, 4.69) is 20.8 Å². The fraction of sp³-hybridized carbons (Fsp3) is 1.00. The molecule has 0 saturated heterocycles. The molecule has 0 aliphatic heterocycles. The summed E-state index contributed by atoms with van der Waals surface area (Å²) in [4.78, 5) is 0. The molecule has 0 radical (unpaired) electrons. The van der Waals surface area contributed by atoms with Gasteiger partial charge in [0.25, 0.3) is 0 Å². The van der Waals surface area contributed by atoms with Crippen molar-refractivity contribution in [1.29, 1.82) is 0 Å². The van der Waals surface area contributed by atoms with Gasteiger partial charge in [0.2, 0.25) is 0 Å². The molecule has 4 heteroatoms. The predicted octanol–water partition coefficient (Wildman–Crippen LogP) is 2.51. The van der Waals surface area contributed by atoms with Gasteiger partial charge < -0.3 is 18.9 Å². The van der Waals surface area contributed by atoms with Crippen LogP contribution in [0.25, 0.3) is 0 Å². The van der Waals surface area contributed by atoms with E-state index in [9.17, 15) is 0 Å². The summed E-state index contributed by atoms with van der Waals surface area (Å²) in [6, 6.07) is 0. The van der Waals surface area contributed by atoms with Crippen LogP contribution in [-0.4, -0.2) is 52.9 Å². The molecule has 0 aromatic heterocycles. The van der Waals surface area contributed by atoms with Crippen LogP contribution < -0.4 is 0 Å². The molecule has 0 aliphatic rings. The van der Waals surface area contributed by atoms with Crippen molar-refractivity contribution < 1.29 is 18.9 Å². The molecule has 0 aliphatic carbocycles. The highest BCUT2D eigenvalue weighted by Crippen LogP contribution is 1.92. The Hall–Kier alpha value is -0.160. The summed E-state index contributed by atoms with van der Waals surface area (Å²) >= 11 is 0. The molecule has 0 bridgehead atoms. The Labute approximate surface area is 112 Å². The second-order valence-electron chi connectivity index (χ2n) is 4.66. The van der Waals surface area contributed by atoms with Crippen LogP contribution in [0.2, 0.25) is 0 Å². The molecule has 0 aromatic carbocycles. The van der Waals surface area contributed by atoms with Gasteiger partial charge in [-0.3, -0.25) is 0 Å². The van der Waals surface area contributed by atoms with E-state index in [-0.39, 0.29) is 0 Å². The summed E-state index contributed by atoms with van der Waals surface area (Å²) in [5, 5.41) is 0. The van der Waals surface area contributed by atoms with Crippen LogP contribution in [0.3, 0.4) is 0 Å². The van der Waals surface area contributed by atoms with Crippen molar-refractivity contribution in [3.8, 4) is 0 Å². The van der Waals surface area contributed by atoms with E-state index >= 15 is 0 Å². The second kappa shape index (κ2) is 14.9. The van der Waals surface area contributed by atoms with E-state index in [1.807, 2.05) is 0 Å². The van der Waals surface area contributed by atoms with Crippen LogP contribution in [0.1, 0.15) is 33.6 Å². The highest BCUT2D eigenvalue weighted by molar-refractivity contribution is 4.40. The number of rotatable bonds is 14. The normalized spacial score (nSPS) is 11.3. The van der Waals surface area contributed by atoms with Crippen LogP contribution in [-0.2, 0) is 18.9 Å². The molecule has 0 fully saturated rings. The minimum absolute atomic E-state index is 0.586. The maximum Gasteiger partial charge on any atom is 0.0701 e. The molecule has 0 atom stereocenters. The van der Waals surface area contributed by atoms with Crippen molar-refractivity contribution >= 4 is 0 Å². The third kappa shape index (κ3) is 15.8. The molecule has 4 nitrogen and oxygen atoms in total. The van der Waals surface area contributed by atoms with Crippen molar-refractivity contribution in [1.82, 2.24) is 0 Å². The van der Waals surface area contributed by atoms with Gasteiger partial charge >= 0.3 is 0 Å². The Kier molecular flexibility index (Phi) is 14.8. The zero-order valence-electron chi connectivity index (χ0n) is 12.3. The van der Waals surface area contributed by atoms with Crippen molar-refractivity contribution in [2.75, 3.05) is 52.9 Å². The van der Waals surface area contributed by atoms with Gasteiger partial charge in [0.05, 0.1) is 26.4 Å². The molecule has 110 valence electrons. The van der Waals surface area contributed by atoms with E-state index in [0.29, 0.717) is 32.3 Å². The zero-order valence-corrected chi connectivity index (χ0v) is 12.3. The average molecular weight is 262 g/mol. The van der Waals surface area contributed by atoms with Crippen LogP contribution >= 0.6 is 0 Å². The first kappa shape index (κ1) is 17.8. The van der Waals surface area contributed by atoms with Gasteiger partial charge in [-0.05, 0) is 18.8 Å². The summed E-state index contributed by atoms with van der Waals surface area (Å²) in [6.07, 6.45) is 2.03. The molecule has 0 aromatic rings. The first-order valence-corrected chi connectivity index (χ1v) is 7.08. The summed E-state index contributed by atoms with van der Waals surface area (Å²) in [5.74, 6) is 0.586. The Morgan fingerprint density at radius 3 is 1.72 bits per heavy atom. The highest BCUT2D eigenvalue weighted by Gasteiger charge is 1.94. The van der Waals surface area contributed by atoms with E-state index in [1.165, 1.54) is 0 Å². The molecule has 0 spiro atoms. The lowest BCUT2D eigenvalue weighted by atomic mass is 10.2. The molecular formula is C14H30O4. The van der Waals surface area contributed by atoms with E-state index < -0.39 is 0 Å². The molecule has 0 saturated carbocycles. The van der Waals surface area contributed by atoms with Crippen molar-refractivity contribution in [3.05, 3.63) is 0 Å². The maximum atomic E-state index is 5.41. The quantitative estimate of drug-likeness (QED) is 0.451. The van der Waals surface area contributed by atoms with Gasteiger partial charge in [-0.2, -0.15) is 0 Å². The van der Waals surface area contributed by atoms with Crippen LogP contribution in [0.5, 0.6) is 0 Å². The zero-order chi connectivity index (χ0) is 13.5. The van der Waals surface area contributed by atoms with Crippen LogP contribution in [0.15, 0.2) is 0 Å². The number of hydrogen-bond donors (Lipinski definition) is 0. The first-order valence-electron chi connectivity index (χ1n) is 7.08. The van der Waals surface area contributed by atoms with Gasteiger partial charge in [-0.1, -0.05) is 20.8 Å². The molecule has 0 unspecified atom stereocenters. The molecule has 0 heterocycles. The highest BCUT2D eigenvalue weighted by atomic mass is 16.5. The first-order chi connectivity index (χ1) is 8.77. The third-order valence-corrected chi connectivity index (χ3v) is 2.12. The summed E-state index contributed by atoms with van der Waals surface area (Å²) in [6.45, 7) is 12.2.